The predicted octanol–water partition coefficient (Wildman–Crippen LogP) is 7.49. The standard InChI is InChI=1S/C28H32Cl4N2O4S/c1-15(2)11-17(27(33)36)13-23(35)18-14-24(28(3,4)5)34(25(18)16-9-10-19(29)22(32)12-16)39(37,38)26-20(30)7-6-8-21(26)31/h6-10,12,14-15,17,24-25H,11,13H2,1-5H3,(H2,33,36)/t17-,24+,25?/m1/s1. The first-order chi connectivity index (χ1) is 18.0. The molecule has 3 rings (SSSR count). The van der Waals surface area contributed by atoms with Crippen LogP contribution in [-0.2, 0) is 19.6 Å². The number of ketones is 1. The van der Waals surface area contributed by atoms with Gasteiger partial charge in [0.1, 0.15) is 4.90 Å². The molecule has 0 radical (unpaired) electrons. The summed E-state index contributed by atoms with van der Waals surface area (Å²) in [5.41, 5.74) is 5.63. The molecule has 2 aromatic rings. The molecule has 0 fully saturated rings. The van der Waals surface area contributed by atoms with Crippen LogP contribution in [0, 0.1) is 17.3 Å². The summed E-state index contributed by atoms with van der Waals surface area (Å²) in [5.74, 6) is -1.54. The number of sulfonamides is 1. The Labute approximate surface area is 250 Å². The fraction of sp³-hybridized carbons (Fsp3) is 0.429. The lowest BCUT2D eigenvalue weighted by Gasteiger charge is -2.37. The van der Waals surface area contributed by atoms with Crippen LogP contribution in [-0.4, -0.2) is 30.5 Å². The van der Waals surface area contributed by atoms with Gasteiger partial charge < -0.3 is 5.73 Å². The fourth-order valence-electron chi connectivity index (χ4n) is 4.85. The van der Waals surface area contributed by atoms with Gasteiger partial charge in [0.15, 0.2) is 5.78 Å². The lowest BCUT2D eigenvalue weighted by Crippen LogP contribution is -2.45. The molecule has 1 aliphatic heterocycles. The van der Waals surface area contributed by atoms with E-state index in [2.05, 4.69) is 0 Å². The summed E-state index contributed by atoms with van der Waals surface area (Å²) in [5, 5.41) is 0.377. The molecule has 6 nitrogen and oxygen atoms in total. The molecule has 11 heteroatoms. The van der Waals surface area contributed by atoms with Gasteiger partial charge in [-0.15, -0.1) is 0 Å². The van der Waals surface area contributed by atoms with Gasteiger partial charge in [-0.05, 0) is 47.6 Å². The van der Waals surface area contributed by atoms with Gasteiger partial charge in [0.05, 0.1) is 26.1 Å². The summed E-state index contributed by atoms with van der Waals surface area (Å²) in [6, 6.07) is 7.30. The molecule has 2 N–H and O–H groups in total. The van der Waals surface area contributed by atoms with Gasteiger partial charge in [0.2, 0.25) is 15.9 Å². The van der Waals surface area contributed by atoms with Crippen LogP contribution < -0.4 is 5.73 Å². The molecule has 1 amide bonds. The summed E-state index contributed by atoms with van der Waals surface area (Å²) < 4.78 is 30.0. The highest BCUT2D eigenvalue weighted by atomic mass is 35.5. The number of nitrogens with two attached hydrogens (primary N) is 1. The molecule has 0 saturated carbocycles. The normalized spacial score (nSPS) is 19.3. The zero-order chi connectivity index (χ0) is 29.4. The van der Waals surface area contributed by atoms with Gasteiger partial charge in [0, 0.05) is 24.0 Å². The van der Waals surface area contributed by atoms with Gasteiger partial charge in [-0.2, -0.15) is 4.31 Å². The lowest BCUT2D eigenvalue weighted by atomic mass is 9.86. The molecular formula is C28H32Cl4N2O4S. The number of carbonyl (C=O) groups is 2. The van der Waals surface area contributed by atoms with Crippen molar-refractivity contribution < 1.29 is 18.0 Å². The first-order valence-corrected chi connectivity index (χ1v) is 15.4. The maximum Gasteiger partial charge on any atom is 0.247 e. The quantitative estimate of drug-likeness (QED) is 0.309. The van der Waals surface area contributed by atoms with Crippen LogP contribution in [0.3, 0.4) is 0 Å². The Morgan fingerprint density at radius 3 is 2.05 bits per heavy atom. The number of carbonyl (C=O) groups excluding carboxylic acids is 2. The molecule has 1 heterocycles. The number of primary amides is 1. The molecule has 0 aromatic heterocycles. The Kier molecular flexibility index (Phi) is 9.90. The smallest absolute Gasteiger partial charge is 0.247 e. The van der Waals surface area contributed by atoms with Crippen molar-refractivity contribution in [1.29, 1.82) is 0 Å². The monoisotopic (exact) mass is 632 g/mol. The maximum atomic E-state index is 14.4. The molecule has 0 saturated heterocycles. The molecular weight excluding hydrogens is 602 g/mol. The van der Waals surface area contributed by atoms with Crippen LogP contribution >= 0.6 is 46.4 Å². The van der Waals surface area contributed by atoms with E-state index in [1.165, 1.54) is 22.5 Å². The Bertz CT molecular complexity index is 1400. The van der Waals surface area contributed by atoms with Gasteiger partial charge in [0.25, 0.3) is 0 Å². The number of amides is 1. The Morgan fingerprint density at radius 2 is 1.56 bits per heavy atom. The van der Waals surface area contributed by atoms with Gasteiger partial charge in [-0.25, -0.2) is 8.42 Å². The summed E-state index contributed by atoms with van der Waals surface area (Å²) in [4.78, 5) is 25.8. The summed E-state index contributed by atoms with van der Waals surface area (Å²) >= 11 is 25.3. The predicted molar refractivity (Wildman–Crippen MR) is 158 cm³/mol. The molecule has 212 valence electrons. The van der Waals surface area contributed by atoms with E-state index in [1.54, 1.807) is 24.3 Å². The van der Waals surface area contributed by atoms with Crippen LogP contribution in [0.5, 0.6) is 0 Å². The molecule has 39 heavy (non-hydrogen) atoms. The van der Waals surface area contributed by atoms with Crippen LogP contribution in [0.1, 0.15) is 59.1 Å². The SMILES string of the molecule is CC(C)C[C@H](CC(=O)C1=C[C@@H](C(C)(C)C)N(S(=O)(=O)c2c(Cl)cccc2Cl)C1c1ccc(Cl)c(Cl)c1)C(N)=O. The van der Waals surface area contributed by atoms with E-state index in [0.717, 1.165) is 0 Å². The minimum absolute atomic E-state index is 0.0476. The van der Waals surface area contributed by atoms with Crippen molar-refractivity contribution in [2.24, 2.45) is 23.0 Å². The van der Waals surface area contributed by atoms with Gasteiger partial charge in [-0.3, -0.25) is 9.59 Å². The second-order valence-corrected chi connectivity index (χ2v) is 14.7. The Balaban J connectivity index is 2.27. The van der Waals surface area contributed by atoms with Crippen LogP contribution in [0.15, 0.2) is 52.9 Å². The zero-order valence-corrected chi connectivity index (χ0v) is 26.2. The highest BCUT2D eigenvalue weighted by Gasteiger charge is 2.50. The molecule has 1 unspecified atom stereocenters. The van der Waals surface area contributed by atoms with E-state index in [1.807, 2.05) is 34.6 Å². The number of Topliss-reactive ketones (excluding diaryl/α,β-unsaturated/α-hetero) is 1. The van der Waals surface area contributed by atoms with E-state index in [-0.39, 0.29) is 48.7 Å². The third-order valence-electron chi connectivity index (χ3n) is 6.67. The maximum absolute atomic E-state index is 14.4. The van der Waals surface area contributed by atoms with Crippen molar-refractivity contribution in [1.82, 2.24) is 4.31 Å². The van der Waals surface area contributed by atoms with Gasteiger partial charge >= 0.3 is 0 Å². The van der Waals surface area contributed by atoms with Gasteiger partial charge in [-0.1, -0.05) is 99.2 Å². The second-order valence-electron chi connectivity index (χ2n) is 11.3. The van der Waals surface area contributed by atoms with E-state index < -0.39 is 39.3 Å². The number of hydrogen-bond donors (Lipinski definition) is 1. The first kappa shape index (κ1) is 31.9. The topological polar surface area (TPSA) is 97.5 Å². The van der Waals surface area contributed by atoms with Crippen molar-refractivity contribution >= 4 is 68.1 Å². The van der Waals surface area contributed by atoms with E-state index >= 15 is 0 Å². The van der Waals surface area contributed by atoms with Crippen molar-refractivity contribution in [2.75, 3.05) is 0 Å². The molecule has 0 bridgehead atoms. The summed E-state index contributed by atoms with van der Waals surface area (Å²) in [6.45, 7) is 9.48. The third kappa shape index (κ3) is 6.83. The molecule has 2 aromatic carbocycles. The number of rotatable bonds is 9. The number of benzene rings is 2. The van der Waals surface area contributed by atoms with E-state index in [0.29, 0.717) is 12.0 Å². The summed E-state index contributed by atoms with van der Waals surface area (Å²) in [7, 11) is -4.39. The minimum Gasteiger partial charge on any atom is -0.369 e. The fourth-order valence-corrected chi connectivity index (χ4v) is 8.17. The van der Waals surface area contributed by atoms with E-state index in [4.69, 9.17) is 52.1 Å². The van der Waals surface area contributed by atoms with Crippen molar-refractivity contribution in [3.8, 4) is 0 Å². The van der Waals surface area contributed by atoms with Crippen molar-refractivity contribution in [2.45, 2.75) is 64.4 Å². The van der Waals surface area contributed by atoms with E-state index in [9.17, 15) is 18.0 Å². The number of halogens is 4. The highest BCUT2D eigenvalue weighted by molar-refractivity contribution is 7.89. The van der Waals surface area contributed by atoms with Crippen LogP contribution in [0.4, 0.5) is 0 Å². The van der Waals surface area contributed by atoms with Crippen molar-refractivity contribution in [3.63, 3.8) is 0 Å². The number of hydrogen-bond acceptors (Lipinski definition) is 4. The molecule has 0 spiro atoms. The Hall–Kier alpha value is -1.61. The first-order valence-electron chi connectivity index (χ1n) is 12.4. The van der Waals surface area contributed by atoms with Crippen molar-refractivity contribution in [3.05, 3.63) is 73.7 Å². The largest absolute Gasteiger partial charge is 0.369 e. The zero-order valence-electron chi connectivity index (χ0n) is 22.3. The third-order valence-corrected chi connectivity index (χ3v) is 10.2. The molecule has 3 atom stereocenters. The van der Waals surface area contributed by atoms with Crippen LogP contribution in [0.2, 0.25) is 20.1 Å². The second kappa shape index (κ2) is 12.1. The average Bonchev–Trinajstić information content (AvgIpc) is 3.22. The average molecular weight is 634 g/mol. The Morgan fingerprint density at radius 1 is 0.974 bits per heavy atom. The number of nitrogens with zero attached hydrogens (tertiary/aromatic N) is 1. The summed E-state index contributed by atoms with van der Waals surface area (Å²) in [6.07, 6.45) is 1.92. The molecule has 0 aliphatic carbocycles. The minimum atomic E-state index is -4.39. The van der Waals surface area contributed by atoms with Crippen LogP contribution in [0.25, 0.3) is 0 Å². The molecule has 1 aliphatic rings. The lowest BCUT2D eigenvalue weighted by molar-refractivity contribution is -0.126. The highest BCUT2D eigenvalue weighted by Crippen LogP contribution is 2.49.